The second-order valence-corrected chi connectivity index (χ2v) is 11.6. The van der Waals surface area contributed by atoms with E-state index in [1.54, 1.807) is 0 Å². The highest BCUT2D eigenvalue weighted by Gasteiger charge is 2.30. The predicted octanol–water partition coefficient (Wildman–Crippen LogP) is 3.84. The van der Waals surface area contributed by atoms with Gasteiger partial charge in [-0.3, -0.25) is 9.59 Å². The average Bonchev–Trinajstić information content (AvgIpc) is 3.44. The molecule has 43 heavy (non-hydrogen) atoms. The first-order chi connectivity index (χ1) is 20.9. The summed E-state index contributed by atoms with van der Waals surface area (Å²) in [7, 11) is 0. The zero-order chi connectivity index (χ0) is 30.2. The number of hydrogen-bond acceptors (Lipinski definition) is 6. The number of para-hydroxylation sites is 2. The molecular weight excluding hydrogens is 542 g/mol. The second kappa shape index (κ2) is 14.3. The van der Waals surface area contributed by atoms with Gasteiger partial charge in [-0.05, 0) is 60.6 Å². The third-order valence-corrected chi connectivity index (χ3v) is 7.85. The first-order valence-electron chi connectivity index (χ1n) is 15.1. The summed E-state index contributed by atoms with van der Waals surface area (Å²) in [4.78, 5) is 34.4. The van der Waals surface area contributed by atoms with E-state index in [-0.39, 0.29) is 36.7 Å². The van der Waals surface area contributed by atoms with Crippen molar-refractivity contribution in [2.24, 2.45) is 5.92 Å². The van der Waals surface area contributed by atoms with Crippen molar-refractivity contribution in [1.82, 2.24) is 25.9 Å². The molecule has 9 nitrogen and oxygen atoms in total. The van der Waals surface area contributed by atoms with Gasteiger partial charge in [-0.1, -0.05) is 68.4 Å². The highest BCUT2D eigenvalue weighted by atomic mass is 16.5. The van der Waals surface area contributed by atoms with Crippen LogP contribution in [-0.4, -0.2) is 58.2 Å². The van der Waals surface area contributed by atoms with Crippen molar-refractivity contribution >= 4 is 22.8 Å². The maximum atomic E-state index is 13.5. The van der Waals surface area contributed by atoms with Crippen molar-refractivity contribution in [3.8, 4) is 5.75 Å². The lowest BCUT2D eigenvalue weighted by Crippen LogP contribution is -2.56. The number of ether oxygens (including phenoxy) is 1. The molecule has 2 aliphatic rings. The number of aromatic nitrogens is 2. The van der Waals surface area contributed by atoms with Gasteiger partial charge in [0.25, 0.3) is 0 Å². The van der Waals surface area contributed by atoms with Crippen molar-refractivity contribution in [3.05, 3.63) is 95.8 Å². The summed E-state index contributed by atoms with van der Waals surface area (Å²) in [5, 5.41) is 21.0. The first kappa shape index (κ1) is 30.3. The van der Waals surface area contributed by atoms with Crippen molar-refractivity contribution < 1.29 is 19.4 Å². The Morgan fingerprint density at radius 1 is 0.977 bits per heavy atom. The molecule has 0 saturated heterocycles. The van der Waals surface area contributed by atoms with Gasteiger partial charge in [0.2, 0.25) is 11.8 Å². The molecule has 226 valence electrons. The molecule has 0 saturated carbocycles. The fourth-order valence-electron chi connectivity index (χ4n) is 5.39. The lowest BCUT2D eigenvalue weighted by atomic mass is 9.98. The van der Waals surface area contributed by atoms with E-state index in [0.717, 1.165) is 33.7 Å². The number of carbonyl (C=O) groups excluding carboxylic acids is 2. The number of amides is 2. The quantitative estimate of drug-likeness (QED) is 0.215. The van der Waals surface area contributed by atoms with Crippen LogP contribution in [0.3, 0.4) is 0 Å². The number of rotatable bonds is 8. The Morgan fingerprint density at radius 2 is 1.72 bits per heavy atom. The third-order valence-electron chi connectivity index (χ3n) is 7.85. The van der Waals surface area contributed by atoms with Crippen LogP contribution in [0.15, 0.2) is 78.9 Å². The second-order valence-electron chi connectivity index (χ2n) is 11.6. The third kappa shape index (κ3) is 8.21. The van der Waals surface area contributed by atoms with E-state index >= 15 is 0 Å². The smallest absolute Gasteiger partial charge is 0.243 e. The summed E-state index contributed by atoms with van der Waals surface area (Å²) >= 11 is 0. The number of aliphatic hydroxyl groups excluding tert-OH is 1. The lowest BCUT2D eigenvalue weighted by Gasteiger charge is -2.29. The van der Waals surface area contributed by atoms with Crippen LogP contribution in [0.2, 0.25) is 0 Å². The molecule has 0 spiro atoms. The molecule has 3 aromatic carbocycles. The standard InChI is InChI=1S/C34H41N5O4/c1-22(2)32-34(42)38-28(19-24-14-16-25(17-15-24)43-18-8-13-31(41)39-32)30(40)21-35-29(20-23-9-4-3-5-10-23)33-36-26-11-6-7-12-27(26)37-33/h3-7,9-12,14-17,22,28-30,32,35,40H,8,13,18-21H2,1-2H3,(H,36,37)(H,38,42)(H,39,41). The molecule has 6 rings (SSSR count). The highest BCUT2D eigenvalue weighted by molar-refractivity contribution is 5.88. The number of nitrogens with one attached hydrogen (secondary N) is 4. The van der Waals surface area contributed by atoms with Crippen LogP contribution < -0.4 is 20.7 Å². The Kier molecular flexibility index (Phi) is 10.1. The van der Waals surface area contributed by atoms with Crippen LogP contribution in [0.4, 0.5) is 0 Å². The van der Waals surface area contributed by atoms with E-state index in [2.05, 4.69) is 33.1 Å². The Labute approximate surface area is 252 Å². The fourth-order valence-corrected chi connectivity index (χ4v) is 5.39. The van der Waals surface area contributed by atoms with Gasteiger partial charge in [0.05, 0.1) is 35.8 Å². The zero-order valence-corrected chi connectivity index (χ0v) is 24.8. The van der Waals surface area contributed by atoms with Crippen molar-refractivity contribution in [2.75, 3.05) is 13.2 Å². The molecule has 9 heteroatoms. The number of imidazole rings is 1. The Balaban J connectivity index is 1.37. The molecule has 2 amide bonds. The molecule has 5 N–H and O–H groups in total. The first-order valence-corrected chi connectivity index (χ1v) is 15.1. The molecule has 2 aliphatic heterocycles. The van der Waals surface area contributed by atoms with Crippen LogP contribution in [0, 0.1) is 5.92 Å². The number of aromatic amines is 1. The summed E-state index contributed by atoms with van der Waals surface area (Å²) in [6, 6.07) is 24.2. The van der Waals surface area contributed by atoms with Crippen molar-refractivity contribution in [1.29, 1.82) is 0 Å². The molecule has 1 aromatic heterocycles. The van der Waals surface area contributed by atoms with E-state index in [9.17, 15) is 14.7 Å². The van der Waals surface area contributed by atoms with Gasteiger partial charge in [0.1, 0.15) is 17.6 Å². The molecule has 0 radical (unpaired) electrons. The van der Waals surface area contributed by atoms with Gasteiger partial charge >= 0.3 is 0 Å². The van der Waals surface area contributed by atoms with E-state index in [1.165, 1.54) is 0 Å². The number of aliphatic hydroxyl groups is 1. The van der Waals surface area contributed by atoms with Crippen LogP contribution >= 0.6 is 0 Å². The molecule has 4 unspecified atom stereocenters. The van der Waals surface area contributed by atoms with Gasteiger partial charge in [0.15, 0.2) is 0 Å². The Bertz CT molecular complexity index is 1450. The summed E-state index contributed by atoms with van der Waals surface area (Å²) in [6.45, 7) is 4.41. The number of benzene rings is 3. The molecule has 4 aromatic rings. The highest BCUT2D eigenvalue weighted by Crippen LogP contribution is 2.21. The Hall–Kier alpha value is -4.21. The fraction of sp³-hybridized carbons (Fsp3) is 0.382. The number of nitrogens with zero attached hydrogens (tertiary/aromatic N) is 1. The molecule has 4 atom stereocenters. The topological polar surface area (TPSA) is 128 Å². The zero-order valence-electron chi connectivity index (χ0n) is 24.8. The van der Waals surface area contributed by atoms with Crippen molar-refractivity contribution in [3.63, 3.8) is 0 Å². The number of H-pyrrole nitrogens is 1. The number of carbonyl (C=O) groups is 2. The molecule has 2 bridgehead atoms. The lowest BCUT2D eigenvalue weighted by molar-refractivity contribution is -0.131. The van der Waals surface area contributed by atoms with E-state index in [4.69, 9.17) is 9.72 Å². The molecule has 3 heterocycles. The van der Waals surface area contributed by atoms with E-state index < -0.39 is 18.2 Å². The minimum absolute atomic E-state index is 0.131. The monoisotopic (exact) mass is 583 g/mol. The van der Waals surface area contributed by atoms with Crippen LogP contribution in [0.1, 0.15) is 49.7 Å². The maximum absolute atomic E-state index is 13.5. The molecule has 0 fully saturated rings. The van der Waals surface area contributed by atoms with Gasteiger partial charge in [-0.25, -0.2) is 4.98 Å². The maximum Gasteiger partial charge on any atom is 0.243 e. The normalized spacial score (nSPS) is 19.6. The SMILES string of the molecule is CC(C)C1NC(=O)CCCOc2ccc(cc2)CC(C(O)CNC(Cc2ccccc2)c2nc3ccccc3[nH]2)NC1=O. The van der Waals surface area contributed by atoms with Gasteiger partial charge < -0.3 is 30.8 Å². The van der Waals surface area contributed by atoms with Gasteiger partial charge in [-0.2, -0.15) is 0 Å². The minimum atomic E-state index is -0.929. The summed E-state index contributed by atoms with van der Waals surface area (Å²) in [6.07, 6.45) is 0.939. The largest absolute Gasteiger partial charge is 0.494 e. The van der Waals surface area contributed by atoms with Gasteiger partial charge in [-0.15, -0.1) is 0 Å². The Morgan fingerprint density at radius 3 is 2.47 bits per heavy atom. The number of fused-ring (bicyclic) bond motifs is 13. The summed E-state index contributed by atoms with van der Waals surface area (Å²) in [5.41, 5.74) is 3.91. The predicted molar refractivity (Wildman–Crippen MR) is 167 cm³/mol. The van der Waals surface area contributed by atoms with Crippen LogP contribution in [-0.2, 0) is 22.4 Å². The van der Waals surface area contributed by atoms with Crippen molar-refractivity contribution in [2.45, 2.75) is 63.8 Å². The molecular formula is C34H41N5O4. The average molecular weight is 584 g/mol. The van der Waals surface area contributed by atoms with Gasteiger partial charge in [0, 0.05) is 13.0 Å². The van der Waals surface area contributed by atoms with Crippen LogP contribution in [0.5, 0.6) is 5.75 Å². The summed E-state index contributed by atoms with van der Waals surface area (Å²) < 4.78 is 5.80. The van der Waals surface area contributed by atoms with E-state index in [0.29, 0.717) is 25.9 Å². The number of hydrogen-bond donors (Lipinski definition) is 5. The van der Waals surface area contributed by atoms with E-state index in [1.807, 2.05) is 80.6 Å². The minimum Gasteiger partial charge on any atom is -0.494 e. The molecule has 0 aliphatic carbocycles. The van der Waals surface area contributed by atoms with Crippen LogP contribution in [0.25, 0.3) is 11.0 Å². The summed E-state index contributed by atoms with van der Waals surface area (Å²) in [5.74, 6) is 0.857.